The van der Waals surface area contributed by atoms with Gasteiger partial charge < -0.3 is 14.9 Å². The summed E-state index contributed by atoms with van der Waals surface area (Å²) in [7, 11) is 0. The number of aromatic nitrogens is 2. The molecule has 11 nitrogen and oxygen atoms in total. The predicted octanol–water partition coefficient (Wildman–Crippen LogP) is -1.62. The number of hydrogen-bond acceptors (Lipinski definition) is 8. The van der Waals surface area contributed by atoms with E-state index in [1.54, 1.807) is 12.1 Å². The minimum absolute atomic E-state index is 0.136. The maximum atomic E-state index is 12.5. The molecule has 1 aromatic heterocycles. The van der Waals surface area contributed by atoms with Crippen LogP contribution in [0.2, 0.25) is 0 Å². The van der Waals surface area contributed by atoms with Crippen molar-refractivity contribution in [3.63, 3.8) is 0 Å². The fourth-order valence-electron chi connectivity index (χ4n) is 3.22. The molecule has 4 unspecified atom stereocenters. The maximum absolute atomic E-state index is 12.5. The highest BCUT2D eigenvalue weighted by Gasteiger charge is 2.49. The molecule has 4 atom stereocenters. The molecule has 28 heavy (non-hydrogen) atoms. The number of nitrogens with one attached hydrogen (secondary N) is 1. The Bertz CT molecular complexity index is 1030. The fourth-order valence-corrected chi connectivity index (χ4v) is 3.22. The third-order valence-electron chi connectivity index (χ3n) is 4.60. The van der Waals surface area contributed by atoms with Gasteiger partial charge in [-0.2, -0.15) is 0 Å². The Morgan fingerprint density at radius 1 is 1.07 bits per heavy atom. The molecule has 2 amide bonds. The Morgan fingerprint density at radius 2 is 1.71 bits per heavy atom. The van der Waals surface area contributed by atoms with Crippen LogP contribution in [0.1, 0.15) is 26.9 Å². The van der Waals surface area contributed by atoms with E-state index >= 15 is 0 Å². The van der Waals surface area contributed by atoms with Crippen molar-refractivity contribution in [3.8, 4) is 0 Å². The van der Waals surface area contributed by atoms with E-state index in [1.807, 2.05) is 4.98 Å². The minimum Gasteiger partial charge on any atom is -0.394 e. The number of ether oxygens (including phenoxy) is 1. The average molecular weight is 389 g/mol. The summed E-state index contributed by atoms with van der Waals surface area (Å²) in [6, 6.07) is 7.15. The van der Waals surface area contributed by atoms with Gasteiger partial charge in [0.05, 0.1) is 17.7 Å². The lowest BCUT2D eigenvalue weighted by Gasteiger charge is -2.25. The first-order chi connectivity index (χ1) is 13.4. The van der Waals surface area contributed by atoms with Gasteiger partial charge >= 0.3 is 5.69 Å². The number of hydrogen-bond donors (Lipinski definition) is 3. The van der Waals surface area contributed by atoms with Crippen LogP contribution in [0.25, 0.3) is 0 Å². The number of hydroxylamine groups is 2. The van der Waals surface area contributed by atoms with Crippen LogP contribution in [0.4, 0.5) is 0 Å². The van der Waals surface area contributed by atoms with Gasteiger partial charge in [0, 0.05) is 12.3 Å². The van der Waals surface area contributed by atoms with Crippen LogP contribution in [0.5, 0.6) is 0 Å². The summed E-state index contributed by atoms with van der Waals surface area (Å²) >= 11 is 0. The van der Waals surface area contributed by atoms with E-state index in [4.69, 9.17) is 9.57 Å². The minimum atomic E-state index is -1.46. The van der Waals surface area contributed by atoms with Gasteiger partial charge in [-0.05, 0) is 12.1 Å². The first kappa shape index (κ1) is 18.3. The van der Waals surface area contributed by atoms with Crippen molar-refractivity contribution in [1.29, 1.82) is 0 Å². The van der Waals surface area contributed by atoms with E-state index in [1.165, 1.54) is 12.1 Å². The zero-order valence-corrected chi connectivity index (χ0v) is 14.2. The zero-order chi connectivity index (χ0) is 20.0. The Kier molecular flexibility index (Phi) is 4.43. The topological polar surface area (TPSA) is 151 Å². The van der Waals surface area contributed by atoms with Gasteiger partial charge in [-0.3, -0.25) is 28.8 Å². The lowest BCUT2D eigenvalue weighted by Crippen LogP contribution is -2.44. The maximum Gasteiger partial charge on any atom is 0.330 e. The Morgan fingerprint density at radius 3 is 2.29 bits per heavy atom. The monoisotopic (exact) mass is 389 g/mol. The van der Waals surface area contributed by atoms with Gasteiger partial charge in [0.25, 0.3) is 17.4 Å². The lowest BCUT2D eigenvalue weighted by atomic mass is 10.1. The number of aliphatic hydroxyl groups excluding tert-OH is 2. The highest BCUT2D eigenvalue weighted by molar-refractivity contribution is 6.20. The number of nitrogens with zero attached hydrogens (tertiary/aromatic N) is 2. The third-order valence-corrected chi connectivity index (χ3v) is 4.60. The molecule has 11 heteroatoms. The van der Waals surface area contributed by atoms with Crippen LogP contribution in [0.15, 0.2) is 46.1 Å². The number of H-pyrrole nitrogens is 1. The van der Waals surface area contributed by atoms with E-state index in [9.17, 15) is 29.4 Å². The molecule has 146 valence electrons. The molecule has 1 aromatic carbocycles. The van der Waals surface area contributed by atoms with E-state index in [0.717, 1.165) is 16.8 Å². The molecular formula is C17H15N3O8. The third kappa shape index (κ3) is 2.77. The molecule has 0 aliphatic carbocycles. The van der Waals surface area contributed by atoms with Gasteiger partial charge in [-0.25, -0.2) is 4.79 Å². The molecule has 0 bridgehead atoms. The fraction of sp³-hybridized carbons (Fsp3) is 0.294. The molecule has 2 aromatic rings. The lowest BCUT2D eigenvalue weighted by molar-refractivity contribution is -0.178. The number of rotatable bonds is 4. The van der Waals surface area contributed by atoms with Gasteiger partial charge in [-0.15, -0.1) is 5.06 Å². The molecule has 2 aliphatic heterocycles. The number of amides is 2. The summed E-state index contributed by atoms with van der Waals surface area (Å²) in [5, 5.41) is 20.3. The van der Waals surface area contributed by atoms with E-state index in [0.29, 0.717) is 5.06 Å². The Balaban J connectivity index is 1.68. The molecule has 0 spiro atoms. The second kappa shape index (κ2) is 6.80. The first-order valence-corrected chi connectivity index (χ1v) is 8.33. The molecule has 3 N–H and O–H groups in total. The average Bonchev–Trinajstić information content (AvgIpc) is 3.12. The molecule has 1 fully saturated rings. The molecule has 2 aliphatic rings. The highest BCUT2D eigenvalue weighted by Crippen LogP contribution is 2.33. The smallest absolute Gasteiger partial charge is 0.330 e. The van der Waals surface area contributed by atoms with Crippen molar-refractivity contribution in [3.05, 3.63) is 68.5 Å². The van der Waals surface area contributed by atoms with E-state index in [-0.39, 0.29) is 11.1 Å². The van der Waals surface area contributed by atoms with Crippen LogP contribution in [0, 0.1) is 0 Å². The van der Waals surface area contributed by atoms with Crippen LogP contribution in [0.3, 0.4) is 0 Å². The number of carbonyl (C=O) groups excluding carboxylic acids is 2. The molecule has 4 rings (SSSR count). The number of fused-ring (bicyclic) bond motifs is 1. The predicted molar refractivity (Wildman–Crippen MR) is 90.1 cm³/mol. The summed E-state index contributed by atoms with van der Waals surface area (Å²) in [5.74, 6) is -1.46. The summed E-state index contributed by atoms with van der Waals surface area (Å²) < 4.78 is 6.40. The van der Waals surface area contributed by atoms with Crippen LogP contribution < -0.4 is 11.2 Å². The number of aliphatic hydroxyl groups is 2. The first-order valence-electron chi connectivity index (χ1n) is 8.33. The molecule has 0 radical (unpaired) electrons. The molecule has 1 saturated heterocycles. The summed E-state index contributed by atoms with van der Waals surface area (Å²) in [6.45, 7) is -0.599. The summed E-state index contributed by atoms with van der Waals surface area (Å²) in [4.78, 5) is 55.9. The van der Waals surface area contributed by atoms with Crippen LogP contribution in [-0.4, -0.2) is 61.6 Å². The molecule has 3 heterocycles. The van der Waals surface area contributed by atoms with Crippen molar-refractivity contribution in [1.82, 2.24) is 14.6 Å². The van der Waals surface area contributed by atoms with Crippen molar-refractivity contribution in [2.45, 2.75) is 24.5 Å². The second-order valence-electron chi connectivity index (χ2n) is 6.28. The normalized spacial score (nSPS) is 26.7. The largest absolute Gasteiger partial charge is 0.394 e. The number of benzene rings is 1. The Labute approximate surface area is 156 Å². The van der Waals surface area contributed by atoms with Crippen LogP contribution >= 0.6 is 0 Å². The summed E-state index contributed by atoms with van der Waals surface area (Å²) in [6.07, 6.45) is -4.16. The standard InChI is InChI=1S/C17H15N3O8/c21-7-10-12(23)13(16(27-10)19-6-5-11(22)18-17(19)26)28-20-14(24)8-3-1-2-4-9(8)15(20)25/h1-6,10,12-13,16,21,23H,7H2,(H,18,22,26). The number of aromatic amines is 1. The van der Waals surface area contributed by atoms with Crippen molar-refractivity contribution in [2.75, 3.05) is 6.61 Å². The van der Waals surface area contributed by atoms with Crippen LogP contribution in [-0.2, 0) is 9.57 Å². The second-order valence-corrected chi connectivity index (χ2v) is 6.28. The molecular weight excluding hydrogens is 374 g/mol. The van der Waals surface area contributed by atoms with Gasteiger partial charge in [0.15, 0.2) is 12.3 Å². The zero-order valence-electron chi connectivity index (χ0n) is 14.2. The van der Waals surface area contributed by atoms with Gasteiger partial charge in [-0.1, -0.05) is 12.1 Å². The van der Waals surface area contributed by atoms with E-state index < -0.39 is 54.2 Å². The summed E-state index contributed by atoms with van der Waals surface area (Å²) in [5.41, 5.74) is -1.22. The number of imide groups is 1. The Hall–Kier alpha value is -3.12. The van der Waals surface area contributed by atoms with Gasteiger partial charge in [0.2, 0.25) is 0 Å². The van der Waals surface area contributed by atoms with E-state index in [2.05, 4.69) is 0 Å². The van der Waals surface area contributed by atoms with Crippen molar-refractivity contribution < 1.29 is 29.4 Å². The van der Waals surface area contributed by atoms with Gasteiger partial charge in [0.1, 0.15) is 12.2 Å². The van der Waals surface area contributed by atoms with Crippen molar-refractivity contribution >= 4 is 11.8 Å². The SMILES string of the molecule is O=C1c2ccccc2C(=O)N1OC1C(O)C(CO)OC1n1ccc(=O)[nH]c1=O. The number of carbonyl (C=O) groups is 2. The molecule has 0 saturated carbocycles. The highest BCUT2D eigenvalue weighted by atomic mass is 16.7. The quantitative estimate of drug-likeness (QED) is 0.528. The van der Waals surface area contributed by atoms with Crippen molar-refractivity contribution in [2.24, 2.45) is 0 Å².